The molecule has 1 unspecified atom stereocenters. The second-order valence-electron chi connectivity index (χ2n) is 6.39. The summed E-state index contributed by atoms with van der Waals surface area (Å²) < 4.78 is 0. The number of carbonyl (C=O) groups is 2. The zero-order valence-corrected chi connectivity index (χ0v) is 15.0. The second kappa shape index (κ2) is 9.49. The molecular formula is C17H27ClN4O2. The molecule has 0 radical (unpaired) electrons. The smallest absolute Gasteiger partial charge is 0.315 e. The van der Waals surface area contributed by atoms with E-state index in [-0.39, 0.29) is 36.4 Å². The monoisotopic (exact) mass is 354 g/mol. The van der Waals surface area contributed by atoms with Gasteiger partial charge in [-0.25, -0.2) is 4.79 Å². The van der Waals surface area contributed by atoms with Crippen molar-refractivity contribution in [1.29, 1.82) is 0 Å². The molecule has 1 aromatic carbocycles. The summed E-state index contributed by atoms with van der Waals surface area (Å²) in [4.78, 5) is 23.6. The Kier molecular flexibility index (Phi) is 8.01. The SMILES string of the molecule is CC(C)NC(=O)NCc1ccc(C(=O)NCC(N)C2CC2)cc1.Cl. The van der Waals surface area contributed by atoms with Crippen LogP contribution in [0.25, 0.3) is 0 Å². The van der Waals surface area contributed by atoms with E-state index in [0.717, 1.165) is 5.56 Å². The van der Waals surface area contributed by atoms with Gasteiger partial charge in [-0.2, -0.15) is 0 Å². The fourth-order valence-corrected chi connectivity index (χ4v) is 2.27. The third kappa shape index (κ3) is 6.76. The number of hydrogen-bond acceptors (Lipinski definition) is 3. The largest absolute Gasteiger partial charge is 0.350 e. The van der Waals surface area contributed by atoms with Crippen LogP contribution in [0.1, 0.15) is 42.6 Å². The van der Waals surface area contributed by atoms with E-state index in [9.17, 15) is 9.59 Å². The van der Waals surface area contributed by atoms with Gasteiger partial charge >= 0.3 is 6.03 Å². The number of urea groups is 1. The molecular weight excluding hydrogens is 328 g/mol. The lowest BCUT2D eigenvalue weighted by atomic mass is 10.1. The van der Waals surface area contributed by atoms with E-state index in [2.05, 4.69) is 16.0 Å². The van der Waals surface area contributed by atoms with Crippen LogP contribution >= 0.6 is 12.4 Å². The molecule has 1 fully saturated rings. The van der Waals surface area contributed by atoms with Crippen molar-refractivity contribution in [2.75, 3.05) is 6.54 Å². The summed E-state index contributed by atoms with van der Waals surface area (Å²) in [7, 11) is 0. The highest BCUT2D eigenvalue weighted by molar-refractivity contribution is 5.94. The average Bonchev–Trinajstić information content (AvgIpc) is 3.35. The summed E-state index contributed by atoms with van der Waals surface area (Å²) in [6.45, 7) is 4.75. The second-order valence-corrected chi connectivity index (χ2v) is 6.39. The average molecular weight is 355 g/mol. The number of halogens is 1. The van der Waals surface area contributed by atoms with Gasteiger partial charge in [-0.3, -0.25) is 4.79 Å². The first-order valence-electron chi connectivity index (χ1n) is 8.13. The number of rotatable bonds is 7. The molecule has 0 spiro atoms. The molecule has 0 saturated heterocycles. The maximum Gasteiger partial charge on any atom is 0.315 e. The van der Waals surface area contributed by atoms with Crippen molar-refractivity contribution in [3.63, 3.8) is 0 Å². The van der Waals surface area contributed by atoms with Gasteiger partial charge in [-0.1, -0.05) is 12.1 Å². The van der Waals surface area contributed by atoms with Gasteiger partial charge in [0, 0.05) is 30.7 Å². The molecule has 134 valence electrons. The van der Waals surface area contributed by atoms with Gasteiger partial charge in [0.25, 0.3) is 5.91 Å². The Morgan fingerprint density at radius 2 is 1.79 bits per heavy atom. The van der Waals surface area contributed by atoms with Crippen LogP contribution in [0.2, 0.25) is 0 Å². The predicted molar refractivity (Wildman–Crippen MR) is 97.2 cm³/mol. The topological polar surface area (TPSA) is 96.2 Å². The summed E-state index contributed by atoms with van der Waals surface area (Å²) >= 11 is 0. The molecule has 2 rings (SSSR count). The molecule has 0 bridgehead atoms. The van der Waals surface area contributed by atoms with E-state index < -0.39 is 0 Å². The lowest BCUT2D eigenvalue weighted by Gasteiger charge is -2.12. The Labute approximate surface area is 149 Å². The lowest BCUT2D eigenvalue weighted by Crippen LogP contribution is -2.39. The minimum Gasteiger partial charge on any atom is -0.350 e. The molecule has 3 amide bonds. The molecule has 1 aliphatic carbocycles. The molecule has 24 heavy (non-hydrogen) atoms. The molecule has 7 heteroatoms. The number of nitrogens with one attached hydrogen (secondary N) is 3. The minimum atomic E-state index is -0.198. The Hall–Kier alpha value is -1.79. The summed E-state index contributed by atoms with van der Waals surface area (Å²) in [5, 5.41) is 8.40. The summed E-state index contributed by atoms with van der Waals surface area (Å²) in [6.07, 6.45) is 2.34. The van der Waals surface area contributed by atoms with Crippen LogP contribution < -0.4 is 21.7 Å². The quantitative estimate of drug-likeness (QED) is 0.601. The fraction of sp³-hybridized carbons (Fsp3) is 0.529. The maximum absolute atomic E-state index is 12.0. The molecule has 1 saturated carbocycles. The first kappa shape index (κ1) is 20.3. The number of nitrogens with two attached hydrogens (primary N) is 1. The molecule has 5 N–H and O–H groups in total. The normalized spacial score (nSPS) is 14.5. The highest BCUT2D eigenvalue weighted by Gasteiger charge is 2.28. The van der Waals surface area contributed by atoms with Crippen LogP contribution in [0.3, 0.4) is 0 Å². The molecule has 0 aromatic heterocycles. The zero-order chi connectivity index (χ0) is 16.8. The van der Waals surface area contributed by atoms with Crippen molar-refractivity contribution in [2.24, 2.45) is 11.7 Å². The van der Waals surface area contributed by atoms with Gasteiger partial charge < -0.3 is 21.7 Å². The van der Waals surface area contributed by atoms with Crippen LogP contribution in [0.15, 0.2) is 24.3 Å². The van der Waals surface area contributed by atoms with Crippen molar-refractivity contribution in [3.05, 3.63) is 35.4 Å². The standard InChI is InChI=1S/C17H26N4O2.ClH/c1-11(2)21-17(23)20-9-12-3-5-14(6-4-12)16(22)19-10-15(18)13-7-8-13;/h3-6,11,13,15H,7-10,18H2,1-2H3,(H,19,22)(H2,20,21,23);1H. The van der Waals surface area contributed by atoms with E-state index in [0.29, 0.717) is 24.6 Å². The van der Waals surface area contributed by atoms with Crippen molar-refractivity contribution in [2.45, 2.75) is 45.3 Å². The van der Waals surface area contributed by atoms with Gasteiger partial charge in [0.2, 0.25) is 0 Å². The number of hydrogen-bond donors (Lipinski definition) is 4. The Morgan fingerprint density at radius 1 is 1.17 bits per heavy atom. The third-order valence-electron chi connectivity index (χ3n) is 3.81. The number of amides is 3. The third-order valence-corrected chi connectivity index (χ3v) is 3.81. The van der Waals surface area contributed by atoms with Crippen LogP contribution in [0.5, 0.6) is 0 Å². The van der Waals surface area contributed by atoms with Crippen LogP contribution in [-0.2, 0) is 6.54 Å². The molecule has 6 nitrogen and oxygen atoms in total. The van der Waals surface area contributed by atoms with Gasteiger partial charge in [0.1, 0.15) is 0 Å². The summed E-state index contributed by atoms with van der Waals surface area (Å²) in [5.74, 6) is 0.457. The molecule has 1 aliphatic rings. The molecule has 0 aliphatic heterocycles. The highest BCUT2D eigenvalue weighted by atomic mass is 35.5. The van der Waals surface area contributed by atoms with Crippen LogP contribution in [0, 0.1) is 5.92 Å². The molecule has 1 aromatic rings. The van der Waals surface area contributed by atoms with Crippen molar-refractivity contribution >= 4 is 24.3 Å². The van der Waals surface area contributed by atoms with Crippen molar-refractivity contribution in [3.8, 4) is 0 Å². The molecule has 0 heterocycles. The highest BCUT2D eigenvalue weighted by Crippen LogP contribution is 2.31. The van der Waals surface area contributed by atoms with E-state index in [1.165, 1.54) is 12.8 Å². The van der Waals surface area contributed by atoms with Crippen molar-refractivity contribution < 1.29 is 9.59 Å². The van der Waals surface area contributed by atoms with E-state index in [1.54, 1.807) is 12.1 Å². The van der Waals surface area contributed by atoms with E-state index in [4.69, 9.17) is 5.73 Å². The fourth-order valence-electron chi connectivity index (χ4n) is 2.27. The molecule has 1 atom stereocenters. The van der Waals surface area contributed by atoms with E-state index in [1.807, 2.05) is 26.0 Å². The van der Waals surface area contributed by atoms with Crippen molar-refractivity contribution in [1.82, 2.24) is 16.0 Å². The van der Waals surface area contributed by atoms with Crippen LogP contribution in [0.4, 0.5) is 4.79 Å². The predicted octanol–water partition coefficient (Wildman–Crippen LogP) is 1.78. The summed E-state index contributed by atoms with van der Waals surface area (Å²) in [5.41, 5.74) is 7.51. The Morgan fingerprint density at radius 3 is 2.33 bits per heavy atom. The maximum atomic E-state index is 12.0. The minimum absolute atomic E-state index is 0. The summed E-state index contributed by atoms with van der Waals surface area (Å²) in [6, 6.07) is 7.16. The van der Waals surface area contributed by atoms with E-state index >= 15 is 0 Å². The number of benzene rings is 1. The van der Waals surface area contributed by atoms with Gasteiger partial charge in [-0.05, 0) is 50.3 Å². The zero-order valence-electron chi connectivity index (χ0n) is 14.2. The Balaban J connectivity index is 0.00000288. The lowest BCUT2D eigenvalue weighted by molar-refractivity contribution is 0.0950. The first-order chi connectivity index (χ1) is 11.0. The van der Waals surface area contributed by atoms with Gasteiger partial charge in [0.05, 0.1) is 0 Å². The van der Waals surface area contributed by atoms with Crippen LogP contribution in [-0.4, -0.2) is 30.6 Å². The Bertz CT molecular complexity index is 544. The number of carbonyl (C=O) groups excluding carboxylic acids is 2. The van der Waals surface area contributed by atoms with Gasteiger partial charge in [0.15, 0.2) is 0 Å². The van der Waals surface area contributed by atoms with Gasteiger partial charge in [-0.15, -0.1) is 12.4 Å². The first-order valence-corrected chi connectivity index (χ1v) is 8.13.